The summed E-state index contributed by atoms with van der Waals surface area (Å²) in [5, 5.41) is 4.60. The first-order valence-electron chi connectivity index (χ1n) is 7.29. The van der Waals surface area contributed by atoms with Crippen LogP contribution in [-0.2, 0) is 14.4 Å². The fourth-order valence-corrected chi connectivity index (χ4v) is 2.82. The molecule has 0 spiro atoms. The highest BCUT2D eigenvalue weighted by Gasteiger charge is 2.36. The summed E-state index contributed by atoms with van der Waals surface area (Å²) >= 11 is 0.812. The van der Waals surface area contributed by atoms with Crippen LogP contribution in [0.15, 0.2) is 35.2 Å². The van der Waals surface area contributed by atoms with Crippen LogP contribution >= 0.6 is 11.8 Å². The zero-order chi connectivity index (χ0) is 17.5. The highest BCUT2D eigenvalue weighted by atomic mass is 32.2. The fraction of sp³-hybridized carbons (Fsp3) is 0.250. The van der Waals surface area contributed by atoms with E-state index in [1.165, 1.54) is 6.92 Å². The Morgan fingerprint density at radius 1 is 1.12 bits per heavy atom. The second kappa shape index (κ2) is 8.30. The number of imide groups is 1. The molecular formula is C16H17N3O4S. The van der Waals surface area contributed by atoms with Crippen molar-refractivity contribution in [2.24, 2.45) is 0 Å². The highest BCUT2D eigenvalue weighted by molar-refractivity contribution is 8.18. The van der Waals surface area contributed by atoms with Crippen LogP contribution in [0.2, 0.25) is 0 Å². The van der Waals surface area contributed by atoms with Crippen LogP contribution in [0.5, 0.6) is 0 Å². The van der Waals surface area contributed by atoms with Crippen molar-refractivity contribution in [3.8, 4) is 0 Å². The third-order valence-electron chi connectivity index (χ3n) is 3.09. The summed E-state index contributed by atoms with van der Waals surface area (Å²) in [5.74, 6) is -1.13. The Balaban J connectivity index is 1.91. The van der Waals surface area contributed by atoms with E-state index in [2.05, 4.69) is 10.6 Å². The number of nitrogens with zero attached hydrogens (tertiary/aromatic N) is 1. The molecular weight excluding hydrogens is 330 g/mol. The zero-order valence-electron chi connectivity index (χ0n) is 13.1. The lowest BCUT2D eigenvalue weighted by Gasteiger charge is -2.12. The maximum atomic E-state index is 12.3. The Morgan fingerprint density at radius 3 is 2.46 bits per heavy atom. The van der Waals surface area contributed by atoms with Crippen molar-refractivity contribution in [3.63, 3.8) is 0 Å². The molecule has 1 saturated heterocycles. The molecule has 0 saturated carbocycles. The van der Waals surface area contributed by atoms with Gasteiger partial charge in [0.25, 0.3) is 11.1 Å². The van der Waals surface area contributed by atoms with Crippen LogP contribution in [0.3, 0.4) is 0 Å². The second-order valence-electron chi connectivity index (χ2n) is 5.01. The largest absolute Gasteiger partial charge is 0.355 e. The molecule has 1 aromatic rings. The van der Waals surface area contributed by atoms with Crippen LogP contribution in [0.1, 0.15) is 12.5 Å². The van der Waals surface area contributed by atoms with Crippen LogP contribution in [0.25, 0.3) is 6.08 Å². The molecule has 8 heteroatoms. The summed E-state index contributed by atoms with van der Waals surface area (Å²) in [6.45, 7) is 1.56. The summed E-state index contributed by atoms with van der Waals surface area (Å²) < 4.78 is 0. The topological polar surface area (TPSA) is 95.6 Å². The number of amides is 4. The van der Waals surface area contributed by atoms with E-state index in [0.717, 1.165) is 22.2 Å². The van der Waals surface area contributed by atoms with Gasteiger partial charge in [0.2, 0.25) is 11.8 Å². The summed E-state index contributed by atoms with van der Waals surface area (Å²) in [6, 6.07) is 9.16. The SMILES string of the molecule is CC(=O)NCCNC(=O)CN1C(=O)S/C(=C/c2ccccc2)C1=O. The Kier molecular flexibility index (Phi) is 6.14. The van der Waals surface area contributed by atoms with Gasteiger partial charge in [-0.3, -0.25) is 24.1 Å². The summed E-state index contributed by atoms with van der Waals surface area (Å²) in [5.41, 5.74) is 0.808. The standard InChI is InChI=1S/C16H17N3O4S/c1-11(20)17-7-8-18-14(21)10-19-15(22)13(24-16(19)23)9-12-5-3-2-4-6-12/h2-6,9H,7-8,10H2,1H3,(H,17,20)(H,18,21)/b13-9+. The van der Waals surface area contributed by atoms with Gasteiger partial charge in [-0.15, -0.1) is 0 Å². The van der Waals surface area contributed by atoms with Gasteiger partial charge in [0.05, 0.1) is 4.91 Å². The molecule has 2 rings (SSSR count). The second-order valence-corrected chi connectivity index (χ2v) is 6.00. The number of benzene rings is 1. The van der Waals surface area contributed by atoms with Crippen molar-refractivity contribution >= 4 is 40.8 Å². The summed E-state index contributed by atoms with van der Waals surface area (Å²) in [6.07, 6.45) is 1.62. The first-order chi connectivity index (χ1) is 11.5. The van der Waals surface area contributed by atoms with E-state index >= 15 is 0 Å². The predicted molar refractivity (Wildman–Crippen MR) is 90.8 cm³/mol. The van der Waals surface area contributed by atoms with E-state index in [0.29, 0.717) is 0 Å². The average molecular weight is 347 g/mol. The van der Waals surface area contributed by atoms with Gasteiger partial charge in [0, 0.05) is 20.0 Å². The first-order valence-corrected chi connectivity index (χ1v) is 8.10. The Labute approximate surface area is 143 Å². The van der Waals surface area contributed by atoms with Crippen molar-refractivity contribution in [2.75, 3.05) is 19.6 Å². The van der Waals surface area contributed by atoms with Crippen LogP contribution in [-0.4, -0.2) is 47.5 Å². The van der Waals surface area contributed by atoms with E-state index in [9.17, 15) is 19.2 Å². The predicted octanol–water partition coefficient (Wildman–Crippen LogP) is 0.975. The number of hydrogen-bond acceptors (Lipinski definition) is 5. The van der Waals surface area contributed by atoms with Gasteiger partial charge in [0.1, 0.15) is 6.54 Å². The van der Waals surface area contributed by atoms with Gasteiger partial charge in [-0.1, -0.05) is 30.3 Å². The Bertz CT molecular complexity index is 688. The minimum absolute atomic E-state index is 0.193. The van der Waals surface area contributed by atoms with Crippen molar-refractivity contribution in [3.05, 3.63) is 40.8 Å². The lowest BCUT2D eigenvalue weighted by atomic mass is 10.2. The van der Waals surface area contributed by atoms with Crippen molar-refractivity contribution in [1.29, 1.82) is 0 Å². The monoisotopic (exact) mass is 347 g/mol. The maximum Gasteiger partial charge on any atom is 0.294 e. The lowest BCUT2D eigenvalue weighted by molar-refractivity contribution is -0.129. The normalized spacial score (nSPS) is 15.7. The average Bonchev–Trinajstić information content (AvgIpc) is 2.80. The molecule has 1 aromatic carbocycles. The number of carbonyl (C=O) groups excluding carboxylic acids is 4. The Morgan fingerprint density at radius 2 is 1.79 bits per heavy atom. The number of thioether (sulfide) groups is 1. The van der Waals surface area contributed by atoms with Crippen LogP contribution < -0.4 is 10.6 Å². The van der Waals surface area contributed by atoms with Gasteiger partial charge in [-0.05, 0) is 23.4 Å². The van der Waals surface area contributed by atoms with Gasteiger partial charge in [0.15, 0.2) is 0 Å². The molecule has 24 heavy (non-hydrogen) atoms. The number of nitrogens with one attached hydrogen (secondary N) is 2. The van der Waals surface area contributed by atoms with Gasteiger partial charge in [-0.2, -0.15) is 0 Å². The molecule has 0 unspecified atom stereocenters. The number of hydrogen-bond donors (Lipinski definition) is 2. The maximum absolute atomic E-state index is 12.3. The Hall–Kier alpha value is -2.61. The van der Waals surface area contributed by atoms with E-state index in [-0.39, 0.29) is 30.4 Å². The van der Waals surface area contributed by atoms with Crippen molar-refractivity contribution in [2.45, 2.75) is 6.92 Å². The van der Waals surface area contributed by atoms with Crippen molar-refractivity contribution in [1.82, 2.24) is 15.5 Å². The molecule has 0 atom stereocenters. The van der Waals surface area contributed by atoms with Gasteiger partial charge >= 0.3 is 0 Å². The van der Waals surface area contributed by atoms with Crippen LogP contribution in [0, 0.1) is 0 Å². The van der Waals surface area contributed by atoms with Gasteiger partial charge < -0.3 is 10.6 Å². The van der Waals surface area contributed by atoms with E-state index < -0.39 is 17.1 Å². The molecule has 0 aromatic heterocycles. The third-order valence-corrected chi connectivity index (χ3v) is 4.00. The molecule has 126 valence electrons. The van der Waals surface area contributed by atoms with Gasteiger partial charge in [-0.25, -0.2) is 0 Å². The lowest BCUT2D eigenvalue weighted by Crippen LogP contribution is -2.41. The molecule has 1 heterocycles. The zero-order valence-corrected chi connectivity index (χ0v) is 13.9. The minimum Gasteiger partial charge on any atom is -0.355 e. The fourth-order valence-electron chi connectivity index (χ4n) is 1.98. The summed E-state index contributed by atoms with van der Waals surface area (Å²) in [7, 11) is 0. The molecule has 7 nitrogen and oxygen atoms in total. The minimum atomic E-state index is -0.481. The number of carbonyl (C=O) groups is 4. The molecule has 0 aliphatic carbocycles. The van der Waals surface area contributed by atoms with E-state index in [1.54, 1.807) is 6.08 Å². The molecule has 4 amide bonds. The first kappa shape index (κ1) is 17.7. The molecule has 0 bridgehead atoms. The smallest absolute Gasteiger partial charge is 0.294 e. The van der Waals surface area contributed by atoms with Crippen LogP contribution in [0.4, 0.5) is 4.79 Å². The summed E-state index contributed by atoms with van der Waals surface area (Å²) in [4.78, 5) is 47.9. The molecule has 1 fully saturated rings. The highest BCUT2D eigenvalue weighted by Crippen LogP contribution is 2.31. The van der Waals surface area contributed by atoms with E-state index in [1.807, 2.05) is 30.3 Å². The quantitative estimate of drug-likeness (QED) is 0.591. The third kappa shape index (κ3) is 4.95. The molecule has 2 N–H and O–H groups in total. The molecule has 1 aliphatic rings. The van der Waals surface area contributed by atoms with Crippen molar-refractivity contribution < 1.29 is 19.2 Å². The molecule has 1 aliphatic heterocycles. The van der Waals surface area contributed by atoms with E-state index in [4.69, 9.17) is 0 Å². The molecule has 0 radical (unpaired) electrons. The number of rotatable bonds is 6.